The smallest absolute Gasteiger partial charge is 0.550 e. The van der Waals surface area contributed by atoms with Crippen LogP contribution in [0, 0.1) is 0 Å². The number of aliphatic carboxylic acids is 2. The van der Waals surface area contributed by atoms with E-state index in [0.717, 1.165) is 0 Å². The summed E-state index contributed by atoms with van der Waals surface area (Å²) in [6.07, 6.45) is -1.03. The molecule has 0 aromatic rings. The summed E-state index contributed by atoms with van der Waals surface area (Å²) in [6.45, 7) is 0. The summed E-state index contributed by atoms with van der Waals surface area (Å²) in [5, 5.41) is 18.6. The Morgan fingerprint density at radius 2 is 1.20 bits per heavy atom. The van der Waals surface area contributed by atoms with Crippen LogP contribution in [0.2, 0.25) is 0 Å². The molecule has 10 heavy (non-hydrogen) atoms. The van der Waals surface area contributed by atoms with Crippen molar-refractivity contribution < 1.29 is 84.4 Å². The maximum Gasteiger partial charge on any atom is 1.00 e. The van der Waals surface area contributed by atoms with Crippen LogP contribution in [-0.4, -0.2) is 17.4 Å². The van der Waals surface area contributed by atoms with Gasteiger partial charge in [-0.25, -0.2) is 0 Å². The topological polar surface area (TPSA) is 112 Å². The van der Waals surface area contributed by atoms with Crippen LogP contribution < -0.4 is 69.3 Å². The van der Waals surface area contributed by atoms with E-state index in [4.69, 9.17) is 0 Å². The van der Waals surface area contributed by atoms with Gasteiger partial charge in [0, 0.05) is 18.4 Å². The van der Waals surface area contributed by atoms with E-state index < -0.39 is 18.4 Å². The molecule has 0 aromatic heterocycles. The van der Waals surface area contributed by atoms with Crippen molar-refractivity contribution in [1.29, 1.82) is 0 Å². The fraction of sp³-hybridized carbons (Fsp3) is 0.333. The second-order valence-electron chi connectivity index (χ2n) is 0.921. The average molecular weight is 166 g/mol. The minimum absolute atomic E-state index is 0. The van der Waals surface area contributed by atoms with Gasteiger partial charge in [-0.15, -0.1) is 0 Å². The molecule has 0 saturated heterocycles. The molecular formula is C3H4Na2O5. The number of rotatable bonds is 2. The summed E-state index contributed by atoms with van der Waals surface area (Å²) in [5.41, 5.74) is 0. The molecule has 0 aliphatic rings. The zero-order valence-electron chi connectivity index (χ0n) is 5.84. The molecule has 0 aliphatic carbocycles. The molecule has 0 unspecified atom stereocenters. The molecule has 0 aliphatic heterocycles. The van der Waals surface area contributed by atoms with Gasteiger partial charge >= 0.3 is 59.1 Å². The Kier molecular flexibility index (Phi) is 28.2. The molecule has 48 valence electrons. The first-order valence-electron chi connectivity index (χ1n) is 1.52. The molecule has 0 rings (SSSR count). The van der Waals surface area contributed by atoms with E-state index >= 15 is 0 Å². The number of carbonyl (C=O) groups excluding carboxylic acids is 2. The van der Waals surface area contributed by atoms with Crippen molar-refractivity contribution in [2.75, 3.05) is 0 Å². The molecule has 0 atom stereocenters. The number of carboxylic acid groups (broad SMARTS) is 2. The van der Waals surface area contributed by atoms with E-state index in [0.29, 0.717) is 0 Å². The zero-order valence-corrected chi connectivity index (χ0v) is 9.84. The molecule has 0 radical (unpaired) electrons. The van der Waals surface area contributed by atoms with E-state index in [9.17, 15) is 19.8 Å². The summed E-state index contributed by atoms with van der Waals surface area (Å²) in [7, 11) is 0. The Labute approximate surface area is 102 Å². The monoisotopic (exact) mass is 166 g/mol. The van der Waals surface area contributed by atoms with Crippen LogP contribution in [0.15, 0.2) is 0 Å². The molecule has 7 heteroatoms. The predicted octanol–water partition coefficient (Wildman–Crippen LogP) is -9.94. The molecule has 0 saturated carbocycles. The Morgan fingerprint density at radius 3 is 1.20 bits per heavy atom. The van der Waals surface area contributed by atoms with Crippen molar-refractivity contribution in [2.45, 2.75) is 6.42 Å². The van der Waals surface area contributed by atoms with Crippen molar-refractivity contribution >= 4 is 11.9 Å². The molecular weight excluding hydrogens is 162 g/mol. The van der Waals surface area contributed by atoms with Crippen molar-refractivity contribution in [1.82, 2.24) is 0 Å². The van der Waals surface area contributed by atoms with Crippen LogP contribution in [0.25, 0.3) is 0 Å². The number of carbonyl (C=O) groups is 2. The van der Waals surface area contributed by atoms with Crippen LogP contribution in [0.1, 0.15) is 6.42 Å². The van der Waals surface area contributed by atoms with E-state index in [1.807, 2.05) is 0 Å². The van der Waals surface area contributed by atoms with Gasteiger partial charge in [-0.3, -0.25) is 0 Å². The Morgan fingerprint density at radius 1 is 1.00 bits per heavy atom. The van der Waals surface area contributed by atoms with E-state index in [-0.39, 0.29) is 64.6 Å². The van der Waals surface area contributed by atoms with Gasteiger partial charge in [0.15, 0.2) is 0 Å². The summed E-state index contributed by atoms with van der Waals surface area (Å²) < 4.78 is 0. The minimum Gasteiger partial charge on any atom is -0.550 e. The SMILES string of the molecule is O.O=C([O-])CC(=O)[O-].[Na+].[Na+]. The predicted molar refractivity (Wildman–Crippen MR) is 18.2 cm³/mol. The maximum atomic E-state index is 9.28. The molecule has 5 nitrogen and oxygen atoms in total. The molecule has 0 heterocycles. The van der Waals surface area contributed by atoms with Crippen molar-refractivity contribution in [3.63, 3.8) is 0 Å². The van der Waals surface area contributed by atoms with Crippen LogP contribution in [0.4, 0.5) is 0 Å². The van der Waals surface area contributed by atoms with Gasteiger partial charge in [0.05, 0.1) is 0 Å². The fourth-order valence-electron chi connectivity index (χ4n) is 0.118. The molecule has 0 spiro atoms. The standard InChI is InChI=1S/C3H4O4.2Na.H2O/c4-2(5)1-3(6)7;;;/h1H2,(H,4,5)(H,6,7);;;1H2/q;2*+1;/p-2. The third kappa shape index (κ3) is 23.1. The molecule has 0 amide bonds. The van der Waals surface area contributed by atoms with Crippen LogP contribution in [0.3, 0.4) is 0 Å². The van der Waals surface area contributed by atoms with E-state index in [1.165, 1.54) is 0 Å². The van der Waals surface area contributed by atoms with Crippen molar-refractivity contribution in [3.8, 4) is 0 Å². The first-order valence-corrected chi connectivity index (χ1v) is 1.52. The maximum absolute atomic E-state index is 9.28. The summed E-state index contributed by atoms with van der Waals surface area (Å²) in [5.74, 6) is -3.25. The van der Waals surface area contributed by atoms with Crippen molar-refractivity contribution in [3.05, 3.63) is 0 Å². The Hall–Kier alpha value is 0.900. The molecule has 0 aromatic carbocycles. The number of hydrogen-bond acceptors (Lipinski definition) is 4. The van der Waals surface area contributed by atoms with Gasteiger partial charge in [-0.1, -0.05) is 0 Å². The van der Waals surface area contributed by atoms with Gasteiger partial charge in [0.2, 0.25) is 0 Å². The second kappa shape index (κ2) is 12.6. The first kappa shape index (κ1) is 22.4. The van der Waals surface area contributed by atoms with Crippen LogP contribution in [0.5, 0.6) is 0 Å². The van der Waals surface area contributed by atoms with Crippen LogP contribution >= 0.6 is 0 Å². The molecule has 0 fully saturated rings. The van der Waals surface area contributed by atoms with Gasteiger partial charge in [-0.2, -0.15) is 0 Å². The number of carboxylic acids is 2. The quantitative estimate of drug-likeness (QED) is 0.299. The largest absolute Gasteiger partial charge is 1.00 e. The molecule has 0 bridgehead atoms. The zero-order chi connectivity index (χ0) is 5.86. The number of hydrogen-bond donors (Lipinski definition) is 0. The van der Waals surface area contributed by atoms with Gasteiger partial charge in [0.25, 0.3) is 0 Å². The first-order chi connectivity index (χ1) is 3.13. The van der Waals surface area contributed by atoms with Gasteiger partial charge in [-0.05, 0) is 0 Å². The Balaban J connectivity index is -0.0000000600. The summed E-state index contributed by atoms with van der Waals surface area (Å²) >= 11 is 0. The molecule has 2 N–H and O–H groups in total. The summed E-state index contributed by atoms with van der Waals surface area (Å²) in [4.78, 5) is 18.6. The van der Waals surface area contributed by atoms with Crippen molar-refractivity contribution in [2.24, 2.45) is 0 Å². The van der Waals surface area contributed by atoms with E-state index in [1.54, 1.807) is 0 Å². The minimum atomic E-state index is -1.63. The Bertz CT molecular complexity index is 91.1. The van der Waals surface area contributed by atoms with Crippen LogP contribution in [-0.2, 0) is 9.59 Å². The third-order valence-electron chi connectivity index (χ3n) is 0.289. The fourth-order valence-corrected chi connectivity index (χ4v) is 0.118. The van der Waals surface area contributed by atoms with E-state index in [2.05, 4.69) is 0 Å². The summed E-state index contributed by atoms with van der Waals surface area (Å²) in [6, 6.07) is 0. The third-order valence-corrected chi connectivity index (χ3v) is 0.289. The van der Waals surface area contributed by atoms with Gasteiger partial charge < -0.3 is 25.3 Å². The normalized spacial score (nSPS) is 5.60. The van der Waals surface area contributed by atoms with Gasteiger partial charge in [0.1, 0.15) is 0 Å². The average Bonchev–Trinajstić information content (AvgIpc) is 1.27. The second-order valence-corrected chi connectivity index (χ2v) is 0.921.